The van der Waals surface area contributed by atoms with Crippen molar-refractivity contribution in [2.75, 3.05) is 0 Å². The molecule has 3 heteroatoms. The molecule has 1 saturated carbocycles. The first kappa shape index (κ1) is 10.1. The number of hydrogen-bond donors (Lipinski definition) is 1. The fourth-order valence-corrected chi connectivity index (χ4v) is 1.64. The lowest BCUT2D eigenvalue weighted by molar-refractivity contribution is 0.303. The first-order valence-corrected chi connectivity index (χ1v) is 5.73. The summed E-state index contributed by atoms with van der Waals surface area (Å²) in [6.07, 6.45) is 4.21. The molecule has 0 spiro atoms. The maximum Gasteiger partial charge on any atom is 0.133 e. The molecule has 1 aromatic heterocycles. The van der Waals surface area contributed by atoms with E-state index in [1.54, 1.807) is 12.1 Å². The molecule has 0 atom stereocenters. The van der Waals surface area contributed by atoms with Crippen molar-refractivity contribution in [2.45, 2.75) is 18.9 Å². The molecule has 1 N–H and O–H groups in total. The molecule has 0 amide bonds. The topological polar surface area (TPSA) is 42.4 Å². The highest BCUT2D eigenvalue weighted by molar-refractivity contribution is 5.60. The molecule has 17 heavy (non-hydrogen) atoms. The minimum atomic E-state index is 0.183. The third kappa shape index (κ3) is 2.38. The van der Waals surface area contributed by atoms with Crippen LogP contribution in [0.25, 0.3) is 11.3 Å². The lowest BCUT2D eigenvalue weighted by Gasteiger charge is -2.05. The van der Waals surface area contributed by atoms with Crippen molar-refractivity contribution in [3.05, 3.63) is 42.6 Å². The van der Waals surface area contributed by atoms with Gasteiger partial charge >= 0.3 is 0 Å². The first-order chi connectivity index (χ1) is 8.31. The Balaban J connectivity index is 1.80. The molecule has 0 unspecified atom stereocenters. The van der Waals surface area contributed by atoms with Gasteiger partial charge in [-0.2, -0.15) is 0 Å². The van der Waals surface area contributed by atoms with Gasteiger partial charge in [0.15, 0.2) is 0 Å². The Morgan fingerprint density at radius 1 is 1.06 bits per heavy atom. The summed E-state index contributed by atoms with van der Waals surface area (Å²) in [4.78, 5) is 4.16. The summed E-state index contributed by atoms with van der Waals surface area (Å²) in [5.41, 5.74) is 1.87. The predicted molar refractivity (Wildman–Crippen MR) is 65.0 cm³/mol. The van der Waals surface area contributed by atoms with E-state index in [-0.39, 0.29) is 5.75 Å². The minimum absolute atomic E-state index is 0.183. The Morgan fingerprint density at radius 3 is 2.41 bits per heavy atom. The van der Waals surface area contributed by atoms with Crippen LogP contribution in [0, 0.1) is 0 Å². The number of pyridine rings is 1. The van der Waals surface area contributed by atoms with Gasteiger partial charge in [-0.25, -0.2) is 0 Å². The van der Waals surface area contributed by atoms with Crippen molar-refractivity contribution in [3.8, 4) is 22.8 Å². The van der Waals surface area contributed by atoms with Crippen LogP contribution < -0.4 is 4.74 Å². The number of rotatable bonds is 3. The van der Waals surface area contributed by atoms with Gasteiger partial charge < -0.3 is 9.84 Å². The van der Waals surface area contributed by atoms with E-state index in [0.717, 1.165) is 17.0 Å². The number of aromatic hydroxyl groups is 1. The van der Waals surface area contributed by atoms with Gasteiger partial charge in [0.05, 0.1) is 18.0 Å². The molecule has 0 bridgehead atoms. The zero-order chi connectivity index (χ0) is 11.7. The largest absolute Gasteiger partial charge is 0.506 e. The van der Waals surface area contributed by atoms with Gasteiger partial charge in [-0.3, -0.25) is 4.98 Å². The van der Waals surface area contributed by atoms with E-state index < -0.39 is 0 Å². The molecule has 3 rings (SSSR count). The Kier molecular flexibility index (Phi) is 2.44. The molecule has 0 aliphatic heterocycles. The maximum absolute atomic E-state index is 9.17. The van der Waals surface area contributed by atoms with Crippen LogP contribution in [0.4, 0.5) is 0 Å². The molecule has 1 aromatic carbocycles. The fourth-order valence-electron chi connectivity index (χ4n) is 1.64. The van der Waals surface area contributed by atoms with Crippen molar-refractivity contribution in [2.24, 2.45) is 0 Å². The number of ether oxygens (including phenoxy) is 1. The van der Waals surface area contributed by atoms with Crippen LogP contribution in [0.3, 0.4) is 0 Å². The van der Waals surface area contributed by atoms with Crippen LogP contribution in [0.15, 0.2) is 42.6 Å². The average Bonchev–Trinajstić information content (AvgIpc) is 3.15. The number of benzene rings is 1. The van der Waals surface area contributed by atoms with Gasteiger partial charge in [0, 0.05) is 5.56 Å². The van der Waals surface area contributed by atoms with Crippen LogP contribution in [-0.4, -0.2) is 16.2 Å². The molecule has 1 fully saturated rings. The SMILES string of the molecule is Oc1ccc(-c2ccc(OC3CC3)cc2)nc1. The zero-order valence-electron chi connectivity index (χ0n) is 9.34. The maximum atomic E-state index is 9.17. The minimum Gasteiger partial charge on any atom is -0.506 e. The monoisotopic (exact) mass is 227 g/mol. The van der Waals surface area contributed by atoms with E-state index in [9.17, 15) is 5.11 Å². The number of aromatic nitrogens is 1. The molecule has 0 saturated heterocycles. The van der Waals surface area contributed by atoms with E-state index >= 15 is 0 Å². The molecule has 86 valence electrons. The normalized spacial score (nSPS) is 14.6. The van der Waals surface area contributed by atoms with Crippen molar-refractivity contribution < 1.29 is 9.84 Å². The Labute approximate surface area is 99.7 Å². The third-order valence-electron chi connectivity index (χ3n) is 2.73. The van der Waals surface area contributed by atoms with Gasteiger partial charge in [0.2, 0.25) is 0 Å². The second kappa shape index (κ2) is 4.09. The average molecular weight is 227 g/mol. The Bertz CT molecular complexity index is 501. The van der Waals surface area contributed by atoms with Crippen molar-refractivity contribution >= 4 is 0 Å². The molecular weight excluding hydrogens is 214 g/mol. The van der Waals surface area contributed by atoms with Crippen LogP contribution >= 0.6 is 0 Å². The fraction of sp³-hybridized carbons (Fsp3) is 0.214. The first-order valence-electron chi connectivity index (χ1n) is 5.73. The molecular formula is C14H13NO2. The second-order valence-electron chi connectivity index (χ2n) is 4.24. The summed E-state index contributed by atoms with van der Waals surface area (Å²) in [6.45, 7) is 0. The molecule has 1 heterocycles. The van der Waals surface area contributed by atoms with E-state index in [2.05, 4.69) is 4.98 Å². The summed E-state index contributed by atoms with van der Waals surface area (Å²) in [5, 5.41) is 9.17. The van der Waals surface area contributed by atoms with Crippen molar-refractivity contribution in [1.29, 1.82) is 0 Å². The smallest absolute Gasteiger partial charge is 0.133 e. The highest BCUT2D eigenvalue weighted by Crippen LogP contribution is 2.28. The molecule has 1 aliphatic carbocycles. The highest BCUT2D eigenvalue weighted by Gasteiger charge is 2.23. The van der Waals surface area contributed by atoms with Crippen LogP contribution in [0.5, 0.6) is 11.5 Å². The van der Waals surface area contributed by atoms with E-state index in [1.165, 1.54) is 19.0 Å². The van der Waals surface area contributed by atoms with E-state index in [4.69, 9.17) is 4.74 Å². The van der Waals surface area contributed by atoms with Gasteiger partial charge in [0.25, 0.3) is 0 Å². The van der Waals surface area contributed by atoms with Gasteiger partial charge in [-0.05, 0) is 49.2 Å². The van der Waals surface area contributed by atoms with Crippen molar-refractivity contribution in [3.63, 3.8) is 0 Å². The number of hydrogen-bond acceptors (Lipinski definition) is 3. The standard InChI is InChI=1S/C14H13NO2/c16-11-3-8-14(15-9-11)10-1-4-12(5-2-10)17-13-6-7-13/h1-5,8-9,13,16H,6-7H2. The summed E-state index contributed by atoms with van der Waals surface area (Å²) in [6, 6.07) is 11.3. The molecule has 3 nitrogen and oxygen atoms in total. The predicted octanol–water partition coefficient (Wildman–Crippen LogP) is 3.00. The number of nitrogens with zero attached hydrogens (tertiary/aromatic N) is 1. The van der Waals surface area contributed by atoms with Gasteiger partial charge in [-0.1, -0.05) is 0 Å². The van der Waals surface area contributed by atoms with E-state index in [0.29, 0.717) is 6.10 Å². The van der Waals surface area contributed by atoms with Crippen LogP contribution in [0.2, 0.25) is 0 Å². The molecule has 2 aromatic rings. The highest BCUT2D eigenvalue weighted by atomic mass is 16.5. The Morgan fingerprint density at radius 2 is 1.82 bits per heavy atom. The second-order valence-corrected chi connectivity index (χ2v) is 4.24. The lowest BCUT2D eigenvalue weighted by atomic mass is 10.1. The van der Waals surface area contributed by atoms with Gasteiger partial charge in [0.1, 0.15) is 11.5 Å². The van der Waals surface area contributed by atoms with E-state index in [1.807, 2.05) is 24.3 Å². The summed E-state index contributed by atoms with van der Waals surface area (Å²) >= 11 is 0. The zero-order valence-corrected chi connectivity index (χ0v) is 9.34. The summed E-state index contributed by atoms with van der Waals surface area (Å²) < 4.78 is 5.67. The van der Waals surface area contributed by atoms with Crippen molar-refractivity contribution in [1.82, 2.24) is 4.98 Å². The molecule has 1 aliphatic rings. The lowest BCUT2D eigenvalue weighted by Crippen LogP contribution is -1.95. The molecule has 0 radical (unpaired) electrons. The van der Waals surface area contributed by atoms with Crippen LogP contribution in [0.1, 0.15) is 12.8 Å². The summed E-state index contributed by atoms with van der Waals surface area (Å²) in [7, 11) is 0. The summed E-state index contributed by atoms with van der Waals surface area (Å²) in [5.74, 6) is 1.09. The third-order valence-corrected chi connectivity index (χ3v) is 2.73. The van der Waals surface area contributed by atoms with Gasteiger partial charge in [-0.15, -0.1) is 0 Å². The Hall–Kier alpha value is -2.03. The van der Waals surface area contributed by atoms with Crippen LogP contribution in [-0.2, 0) is 0 Å². The quantitative estimate of drug-likeness (QED) is 0.876.